The van der Waals surface area contributed by atoms with Crippen molar-refractivity contribution >= 4 is 5.78 Å². The van der Waals surface area contributed by atoms with Crippen molar-refractivity contribution in [3.63, 3.8) is 0 Å². The minimum atomic E-state index is 0.139. The van der Waals surface area contributed by atoms with E-state index in [1.807, 2.05) is 6.08 Å². The highest BCUT2D eigenvalue weighted by molar-refractivity contribution is 5.99. The van der Waals surface area contributed by atoms with Crippen LogP contribution >= 0.6 is 0 Å². The van der Waals surface area contributed by atoms with Gasteiger partial charge in [-0.05, 0) is 55.7 Å². The van der Waals surface area contributed by atoms with Gasteiger partial charge in [0.1, 0.15) is 0 Å². The van der Waals surface area contributed by atoms with Crippen molar-refractivity contribution in [1.29, 1.82) is 0 Å². The van der Waals surface area contributed by atoms with E-state index in [4.69, 9.17) is 0 Å². The van der Waals surface area contributed by atoms with E-state index in [0.29, 0.717) is 5.78 Å². The molecular weight excluding hydrogens is 196 g/mol. The SMILES string of the molecule is O=C1C=C2CCCC23C=C2CCCC2=CC13. The van der Waals surface area contributed by atoms with Gasteiger partial charge in [0.15, 0.2) is 5.78 Å². The van der Waals surface area contributed by atoms with E-state index in [-0.39, 0.29) is 11.3 Å². The Kier molecular flexibility index (Phi) is 1.55. The quantitative estimate of drug-likeness (QED) is 0.602. The minimum absolute atomic E-state index is 0.139. The summed E-state index contributed by atoms with van der Waals surface area (Å²) in [4.78, 5) is 12.1. The van der Waals surface area contributed by atoms with Crippen LogP contribution in [-0.2, 0) is 4.79 Å². The molecule has 0 bridgehead atoms. The van der Waals surface area contributed by atoms with Gasteiger partial charge in [-0.3, -0.25) is 4.79 Å². The fraction of sp³-hybridized carbons (Fsp3) is 0.533. The van der Waals surface area contributed by atoms with E-state index < -0.39 is 0 Å². The summed E-state index contributed by atoms with van der Waals surface area (Å²) >= 11 is 0. The molecule has 4 aliphatic rings. The maximum absolute atomic E-state index is 12.1. The fourth-order valence-corrected chi connectivity index (χ4v) is 4.18. The average molecular weight is 212 g/mol. The van der Waals surface area contributed by atoms with Gasteiger partial charge in [-0.1, -0.05) is 17.7 Å². The molecule has 0 heterocycles. The first kappa shape index (κ1) is 8.98. The van der Waals surface area contributed by atoms with Gasteiger partial charge in [0, 0.05) is 5.41 Å². The second-order valence-electron chi connectivity index (χ2n) is 5.66. The summed E-state index contributed by atoms with van der Waals surface area (Å²) in [5, 5.41) is 0. The van der Waals surface area contributed by atoms with E-state index in [9.17, 15) is 4.79 Å². The van der Waals surface area contributed by atoms with Crippen molar-refractivity contribution in [3.05, 3.63) is 34.9 Å². The Hall–Kier alpha value is -1.11. The number of ketones is 1. The molecule has 0 amide bonds. The number of allylic oxidation sites excluding steroid dienone is 6. The fourth-order valence-electron chi connectivity index (χ4n) is 4.18. The Morgan fingerprint density at radius 1 is 1.12 bits per heavy atom. The second kappa shape index (κ2) is 2.77. The largest absolute Gasteiger partial charge is 0.294 e. The Labute approximate surface area is 95.9 Å². The molecule has 0 N–H and O–H groups in total. The third-order valence-corrected chi connectivity index (χ3v) is 4.92. The van der Waals surface area contributed by atoms with Crippen LogP contribution in [0.5, 0.6) is 0 Å². The predicted molar refractivity (Wildman–Crippen MR) is 62.9 cm³/mol. The zero-order valence-electron chi connectivity index (χ0n) is 9.46. The standard InChI is InChI=1S/C15H16O/c16-14-8-12-5-2-6-15(12)9-11-4-1-3-10(11)7-13(14)15/h7-9,13H,1-6H2. The van der Waals surface area contributed by atoms with Gasteiger partial charge in [-0.25, -0.2) is 0 Å². The minimum Gasteiger partial charge on any atom is -0.294 e. The normalized spacial score (nSPS) is 39.9. The summed E-state index contributed by atoms with van der Waals surface area (Å²) in [5.74, 6) is 0.534. The smallest absolute Gasteiger partial charge is 0.163 e. The first-order chi connectivity index (χ1) is 7.79. The molecule has 1 spiro atoms. The summed E-state index contributed by atoms with van der Waals surface area (Å²) < 4.78 is 0. The third-order valence-electron chi connectivity index (χ3n) is 4.92. The number of hydrogen-bond donors (Lipinski definition) is 0. The van der Waals surface area contributed by atoms with Gasteiger partial charge in [-0.15, -0.1) is 0 Å². The molecule has 1 nitrogen and oxygen atoms in total. The van der Waals surface area contributed by atoms with Gasteiger partial charge < -0.3 is 0 Å². The van der Waals surface area contributed by atoms with Crippen LogP contribution in [0.4, 0.5) is 0 Å². The summed E-state index contributed by atoms with van der Waals surface area (Å²) in [6, 6.07) is 0. The summed E-state index contributed by atoms with van der Waals surface area (Å²) in [6.45, 7) is 0. The van der Waals surface area contributed by atoms with Crippen molar-refractivity contribution in [1.82, 2.24) is 0 Å². The zero-order valence-corrected chi connectivity index (χ0v) is 9.46. The Balaban J connectivity index is 1.91. The first-order valence-electron chi connectivity index (χ1n) is 6.47. The molecule has 0 aromatic heterocycles. The molecule has 82 valence electrons. The maximum Gasteiger partial charge on any atom is 0.163 e. The highest BCUT2D eigenvalue weighted by atomic mass is 16.1. The van der Waals surface area contributed by atoms with Crippen LogP contribution in [0.3, 0.4) is 0 Å². The second-order valence-corrected chi connectivity index (χ2v) is 5.66. The molecule has 0 radical (unpaired) electrons. The molecule has 0 aromatic rings. The lowest BCUT2D eigenvalue weighted by Crippen LogP contribution is -2.28. The molecule has 1 heteroatoms. The lowest BCUT2D eigenvalue weighted by molar-refractivity contribution is -0.117. The number of rotatable bonds is 0. The van der Waals surface area contributed by atoms with Crippen molar-refractivity contribution in [2.75, 3.05) is 0 Å². The van der Waals surface area contributed by atoms with Gasteiger partial charge in [-0.2, -0.15) is 0 Å². The number of hydrogen-bond acceptors (Lipinski definition) is 1. The molecule has 4 aliphatic carbocycles. The zero-order chi connectivity index (χ0) is 10.8. The molecule has 2 unspecified atom stereocenters. The van der Waals surface area contributed by atoms with Crippen LogP contribution in [0.2, 0.25) is 0 Å². The molecule has 0 aliphatic heterocycles. The van der Waals surface area contributed by atoms with Crippen LogP contribution in [0.25, 0.3) is 0 Å². The summed E-state index contributed by atoms with van der Waals surface area (Å²) in [6.07, 6.45) is 14.1. The maximum atomic E-state index is 12.1. The highest BCUT2D eigenvalue weighted by Gasteiger charge is 2.51. The molecule has 16 heavy (non-hydrogen) atoms. The molecule has 4 rings (SSSR count). The topological polar surface area (TPSA) is 17.1 Å². The lowest BCUT2D eigenvalue weighted by atomic mass is 9.69. The number of carbonyl (C=O) groups excluding carboxylic acids is 1. The molecule has 2 fully saturated rings. The van der Waals surface area contributed by atoms with Crippen molar-refractivity contribution in [3.8, 4) is 0 Å². The van der Waals surface area contributed by atoms with Gasteiger partial charge >= 0.3 is 0 Å². The summed E-state index contributed by atoms with van der Waals surface area (Å²) in [7, 11) is 0. The van der Waals surface area contributed by atoms with Gasteiger partial charge in [0.05, 0.1) is 5.92 Å². The van der Waals surface area contributed by atoms with Crippen LogP contribution in [0.15, 0.2) is 34.9 Å². The monoisotopic (exact) mass is 212 g/mol. The van der Waals surface area contributed by atoms with Crippen LogP contribution in [-0.4, -0.2) is 5.78 Å². The van der Waals surface area contributed by atoms with E-state index in [2.05, 4.69) is 12.2 Å². The number of carbonyl (C=O) groups is 1. The van der Waals surface area contributed by atoms with Crippen molar-refractivity contribution < 1.29 is 4.79 Å². The van der Waals surface area contributed by atoms with Crippen LogP contribution in [0, 0.1) is 11.3 Å². The average Bonchev–Trinajstić information content (AvgIpc) is 2.90. The van der Waals surface area contributed by atoms with E-state index >= 15 is 0 Å². The molecule has 0 aromatic carbocycles. The Morgan fingerprint density at radius 2 is 2.00 bits per heavy atom. The van der Waals surface area contributed by atoms with Crippen molar-refractivity contribution in [2.45, 2.75) is 38.5 Å². The molecule has 2 saturated carbocycles. The molecule has 0 saturated heterocycles. The van der Waals surface area contributed by atoms with Gasteiger partial charge in [0.25, 0.3) is 0 Å². The van der Waals surface area contributed by atoms with E-state index in [1.54, 1.807) is 5.57 Å². The van der Waals surface area contributed by atoms with Crippen molar-refractivity contribution in [2.24, 2.45) is 11.3 Å². The molecule has 2 atom stereocenters. The predicted octanol–water partition coefficient (Wildman–Crippen LogP) is 3.33. The Morgan fingerprint density at radius 3 is 2.94 bits per heavy atom. The number of fused-ring (bicyclic) bond motifs is 1. The lowest BCUT2D eigenvalue weighted by Gasteiger charge is -2.33. The van der Waals surface area contributed by atoms with Crippen LogP contribution < -0.4 is 0 Å². The van der Waals surface area contributed by atoms with Crippen LogP contribution in [0.1, 0.15) is 38.5 Å². The molecular formula is C15H16O. The Bertz CT molecular complexity index is 478. The van der Waals surface area contributed by atoms with E-state index in [0.717, 1.165) is 6.42 Å². The first-order valence-corrected chi connectivity index (χ1v) is 6.47. The summed E-state index contributed by atoms with van der Waals surface area (Å²) in [5.41, 5.74) is 4.60. The van der Waals surface area contributed by atoms with E-state index in [1.165, 1.54) is 43.3 Å². The highest BCUT2D eigenvalue weighted by Crippen LogP contribution is 2.58. The third kappa shape index (κ3) is 0.904. The van der Waals surface area contributed by atoms with Gasteiger partial charge in [0.2, 0.25) is 0 Å².